The normalized spacial score (nSPS) is 18.8. The molecular formula is C9H21NO. The molecule has 0 amide bonds. The quantitative estimate of drug-likeness (QED) is 0.630. The second kappa shape index (κ2) is 8.02. The lowest BCUT2D eigenvalue weighted by Gasteiger charge is -2.20. The Morgan fingerprint density at radius 1 is 1.09 bits per heavy atom. The summed E-state index contributed by atoms with van der Waals surface area (Å²) in [6.45, 7) is 0. The minimum absolute atomic E-state index is 0.837. The minimum Gasteiger partial charge on any atom is -0.388 e. The Balaban J connectivity index is 0.000000292. The Bertz CT molecular complexity index is 70.0. The van der Waals surface area contributed by atoms with Crippen LogP contribution in [0.2, 0.25) is 0 Å². The zero-order chi connectivity index (χ0) is 8.53. The third-order valence-corrected chi connectivity index (χ3v) is 2.01. The van der Waals surface area contributed by atoms with Crippen LogP contribution in [0.3, 0.4) is 0 Å². The highest BCUT2D eigenvalue weighted by molar-refractivity contribution is 4.68. The zero-order valence-corrected chi connectivity index (χ0v) is 8.02. The Morgan fingerprint density at radius 3 is 1.82 bits per heavy atom. The Labute approximate surface area is 70.3 Å². The molecule has 0 heterocycles. The standard InChI is InChI=1S/C7H15N.C2H6O/c1-8-7-5-3-2-4-6-7;1-3-2/h7-8H,2-6H2,1H3;1-2H3. The number of ether oxygens (including phenoxy) is 1. The van der Waals surface area contributed by atoms with Crippen molar-refractivity contribution in [2.24, 2.45) is 0 Å². The Morgan fingerprint density at radius 2 is 1.55 bits per heavy atom. The van der Waals surface area contributed by atoms with Gasteiger partial charge in [-0.15, -0.1) is 0 Å². The SMILES string of the molecule is CNC1CCCCC1.COC. The van der Waals surface area contributed by atoms with Gasteiger partial charge in [0.1, 0.15) is 0 Å². The van der Waals surface area contributed by atoms with Gasteiger partial charge in [-0.05, 0) is 19.9 Å². The van der Waals surface area contributed by atoms with E-state index in [4.69, 9.17) is 0 Å². The van der Waals surface area contributed by atoms with Crippen molar-refractivity contribution >= 4 is 0 Å². The lowest BCUT2D eigenvalue weighted by atomic mass is 9.96. The average Bonchev–Trinajstić information content (AvgIpc) is 2.08. The topological polar surface area (TPSA) is 21.3 Å². The molecule has 0 saturated heterocycles. The summed E-state index contributed by atoms with van der Waals surface area (Å²) in [6.07, 6.45) is 7.13. The van der Waals surface area contributed by atoms with E-state index in [1.165, 1.54) is 32.1 Å². The van der Waals surface area contributed by atoms with Gasteiger partial charge in [-0.2, -0.15) is 0 Å². The summed E-state index contributed by atoms with van der Waals surface area (Å²) in [7, 11) is 5.32. The molecule has 0 unspecified atom stereocenters. The molecule has 0 aromatic carbocycles. The highest BCUT2D eigenvalue weighted by Crippen LogP contribution is 2.16. The summed E-state index contributed by atoms with van der Waals surface area (Å²) in [6, 6.07) is 0.837. The van der Waals surface area contributed by atoms with E-state index in [1.54, 1.807) is 14.2 Å². The largest absolute Gasteiger partial charge is 0.388 e. The first-order valence-corrected chi connectivity index (χ1v) is 4.42. The van der Waals surface area contributed by atoms with Crippen molar-refractivity contribution in [3.63, 3.8) is 0 Å². The van der Waals surface area contributed by atoms with Crippen LogP contribution in [0.1, 0.15) is 32.1 Å². The summed E-state index contributed by atoms with van der Waals surface area (Å²) in [5, 5.41) is 3.30. The van der Waals surface area contributed by atoms with Gasteiger partial charge < -0.3 is 10.1 Å². The zero-order valence-electron chi connectivity index (χ0n) is 8.02. The second-order valence-electron chi connectivity index (χ2n) is 3.03. The molecule has 0 radical (unpaired) electrons. The van der Waals surface area contributed by atoms with Gasteiger partial charge in [-0.25, -0.2) is 0 Å². The lowest BCUT2D eigenvalue weighted by molar-refractivity contribution is 0.277. The third-order valence-electron chi connectivity index (χ3n) is 2.01. The van der Waals surface area contributed by atoms with E-state index in [1.807, 2.05) is 0 Å². The van der Waals surface area contributed by atoms with Crippen LogP contribution >= 0.6 is 0 Å². The minimum atomic E-state index is 0.837. The van der Waals surface area contributed by atoms with Crippen molar-refractivity contribution < 1.29 is 4.74 Å². The first-order valence-electron chi connectivity index (χ1n) is 4.42. The third kappa shape index (κ3) is 6.32. The van der Waals surface area contributed by atoms with Crippen LogP contribution in [0.25, 0.3) is 0 Å². The molecule has 0 aromatic heterocycles. The smallest absolute Gasteiger partial charge is 0.0351 e. The summed E-state index contributed by atoms with van der Waals surface area (Å²) < 4.78 is 4.25. The summed E-state index contributed by atoms with van der Waals surface area (Å²) in [5.41, 5.74) is 0. The molecule has 0 spiro atoms. The first-order chi connectivity index (χ1) is 5.35. The van der Waals surface area contributed by atoms with Crippen LogP contribution in [0.4, 0.5) is 0 Å². The molecule has 0 atom stereocenters. The van der Waals surface area contributed by atoms with E-state index in [0.29, 0.717) is 0 Å². The molecule has 11 heavy (non-hydrogen) atoms. The van der Waals surface area contributed by atoms with E-state index in [2.05, 4.69) is 17.1 Å². The van der Waals surface area contributed by atoms with Gasteiger partial charge in [0.25, 0.3) is 0 Å². The number of hydrogen-bond acceptors (Lipinski definition) is 2. The van der Waals surface area contributed by atoms with Gasteiger partial charge in [0.05, 0.1) is 0 Å². The van der Waals surface area contributed by atoms with Crippen molar-refractivity contribution in [2.45, 2.75) is 38.1 Å². The average molecular weight is 159 g/mol. The van der Waals surface area contributed by atoms with E-state index < -0.39 is 0 Å². The maximum absolute atomic E-state index is 4.25. The number of hydrogen-bond donors (Lipinski definition) is 1. The summed E-state index contributed by atoms with van der Waals surface area (Å²) in [4.78, 5) is 0. The van der Waals surface area contributed by atoms with Gasteiger partial charge >= 0.3 is 0 Å². The van der Waals surface area contributed by atoms with Gasteiger partial charge in [0, 0.05) is 20.3 Å². The summed E-state index contributed by atoms with van der Waals surface area (Å²) >= 11 is 0. The van der Waals surface area contributed by atoms with Gasteiger partial charge in [0.15, 0.2) is 0 Å². The van der Waals surface area contributed by atoms with Crippen LogP contribution in [-0.2, 0) is 4.74 Å². The number of rotatable bonds is 1. The molecule has 1 rings (SSSR count). The molecular weight excluding hydrogens is 138 g/mol. The van der Waals surface area contributed by atoms with Crippen molar-refractivity contribution in [3.8, 4) is 0 Å². The van der Waals surface area contributed by atoms with Crippen molar-refractivity contribution in [2.75, 3.05) is 21.3 Å². The maximum Gasteiger partial charge on any atom is 0.0351 e. The van der Waals surface area contributed by atoms with Crippen molar-refractivity contribution in [1.82, 2.24) is 5.32 Å². The van der Waals surface area contributed by atoms with Gasteiger partial charge in [-0.3, -0.25) is 0 Å². The first kappa shape index (κ1) is 10.9. The van der Waals surface area contributed by atoms with Crippen LogP contribution in [-0.4, -0.2) is 27.3 Å². The van der Waals surface area contributed by atoms with Crippen LogP contribution in [0.15, 0.2) is 0 Å². The van der Waals surface area contributed by atoms with E-state index >= 15 is 0 Å². The van der Waals surface area contributed by atoms with Crippen LogP contribution in [0, 0.1) is 0 Å². The molecule has 0 bridgehead atoms. The van der Waals surface area contributed by atoms with E-state index in [0.717, 1.165) is 6.04 Å². The highest BCUT2D eigenvalue weighted by Gasteiger charge is 2.09. The number of methoxy groups -OCH3 is 1. The van der Waals surface area contributed by atoms with Crippen LogP contribution in [0.5, 0.6) is 0 Å². The number of nitrogens with one attached hydrogen (secondary N) is 1. The molecule has 0 aromatic rings. The Kier molecular flexibility index (Phi) is 7.96. The van der Waals surface area contributed by atoms with Crippen LogP contribution < -0.4 is 5.32 Å². The van der Waals surface area contributed by atoms with Gasteiger partial charge in [0.2, 0.25) is 0 Å². The monoisotopic (exact) mass is 159 g/mol. The van der Waals surface area contributed by atoms with Gasteiger partial charge in [-0.1, -0.05) is 19.3 Å². The van der Waals surface area contributed by atoms with E-state index in [9.17, 15) is 0 Å². The molecule has 1 aliphatic carbocycles. The van der Waals surface area contributed by atoms with Crippen molar-refractivity contribution in [3.05, 3.63) is 0 Å². The Hall–Kier alpha value is -0.0800. The molecule has 1 N–H and O–H groups in total. The van der Waals surface area contributed by atoms with Crippen molar-refractivity contribution in [1.29, 1.82) is 0 Å². The molecule has 0 aliphatic heterocycles. The maximum atomic E-state index is 4.25. The second-order valence-corrected chi connectivity index (χ2v) is 3.03. The fourth-order valence-corrected chi connectivity index (χ4v) is 1.39. The molecule has 1 saturated carbocycles. The predicted molar refractivity (Wildman–Crippen MR) is 48.9 cm³/mol. The summed E-state index contributed by atoms with van der Waals surface area (Å²) in [5.74, 6) is 0. The fraction of sp³-hybridized carbons (Fsp3) is 1.00. The molecule has 1 fully saturated rings. The molecule has 1 aliphatic rings. The molecule has 2 nitrogen and oxygen atoms in total. The highest BCUT2D eigenvalue weighted by atomic mass is 16.4. The fourth-order valence-electron chi connectivity index (χ4n) is 1.39. The predicted octanol–water partition coefficient (Wildman–Crippen LogP) is 1.80. The molecule has 2 heteroatoms. The molecule has 68 valence electrons. The lowest BCUT2D eigenvalue weighted by Crippen LogP contribution is -2.26. The van der Waals surface area contributed by atoms with E-state index in [-0.39, 0.29) is 0 Å².